The summed E-state index contributed by atoms with van der Waals surface area (Å²) in [5.74, 6) is 0.776. The van der Waals surface area contributed by atoms with Gasteiger partial charge in [0.05, 0.1) is 16.4 Å². The molecule has 1 N–H and O–H groups in total. The van der Waals surface area contributed by atoms with Crippen LogP contribution in [0.1, 0.15) is 11.3 Å². The second-order valence-electron chi connectivity index (χ2n) is 4.20. The van der Waals surface area contributed by atoms with E-state index in [9.17, 15) is 0 Å². The van der Waals surface area contributed by atoms with Gasteiger partial charge in [0, 0.05) is 12.7 Å². The van der Waals surface area contributed by atoms with E-state index in [4.69, 9.17) is 11.6 Å². The first-order chi connectivity index (χ1) is 8.61. The summed E-state index contributed by atoms with van der Waals surface area (Å²) in [6, 6.07) is 5.98. The van der Waals surface area contributed by atoms with E-state index < -0.39 is 0 Å². The Labute approximate surface area is 112 Å². The van der Waals surface area contributed by atoms with Crippen molar-refractivity contribution in [1.82, 2.24) is 9.55 Å². The molecule has 1 aromatic heterocycles. The van der Waals surface area contributed by atoms with E-state index in [1.54, 1.807) is 6.08 Å². The fraction of sp³-hybridized carbons (Fsp3) is 0.214. The van der Waals surface area contributed by atoms with Gasteiger partial charge in [-0.25, -0.2) is 4.98 Å². The quantitative estimate of drug-likeness (QED) is 0.850. The van der Waals surface area contributed by atoms with Gasteiger partial charge in [0.15, 0.2) is 0 Å². The van der Waals surface area contributed by atoms with Crippen LogP contribution < -0.4 is 5.32 Å². The summed E-state index contributed by atoms with van der Waals surface area (Å²) in [7, 11) is 0. The highest BCUT2D eigenvalue weighted by Gasteiger charge is 2.09. The highest BCUT2D eigenvalue weighted by atomic mass is 35.5. The third-order valence-electron chi connectivity index (χ3n) is 2.59. The van der Waals surface area contributed by atoms with Gasteiger partial charge in [0.2, 0.25) is 5.95 Å². The number of benzene rings is 1. The fourth-order valence-electron chi connectivity index (χ4n) is 1.78. The van der Waals surface area contributed by atoms with Crippen molar-refractivity contribution in [3.63, 3.8) is 0 Å². The molecule has 1 aromatic carbocycles. The van der Waals surface area contributed by atoms with E-state index in [-0.39, 0.29) is 0 Å². The molecule has 0 unspecified atom stereocenters. The molecule has 0 aliphatic rings. The van der Waals surface area contributed by atoms with Crippen LogP contribution in [0.3, 0.4) is 0 Å². The van der Waals surface area contributed by atoms with Gasteiger partial charge in [-0.3, -0.25) is 4.57 Å². The molecule has 18 heavy (non-hydrogen) atoms. The van der Waals surface area contributed by atoms with Gasteiger partial charge < -0.3 is 5.32 Å². The van der Waals surface area contributed by atoms with Gasteiger partial charge in [-0.15, -0.1) is 6.58 Å². The maximum Gasteiger partial charge on any atom is 0.208 e. The Morgan fingerprint density at radius 3 is 2.89 bits per heavy atom. The number of imidazole rings is 1. The summed E-state index contributed by atoms with van der Waals surface area (Å²) in [6.07, 6.45) is 3.76. The topological polar surface area (TPSA) is 29.9 Å². The molecule has 0 aliphatic carbocycles. The number of hydrogen-bond donors (Lipinski definition) is 1. The van der Waals surface area contributed by atoms with Crippen molar-refractivity contribution in [1.29, 1.82) is 0 Å². The molecule has 0 fully saturated rings. The molecule has 2 aromatic rings. The van der Waals surface area contributed by atoms with Crippen LogP contribution in [0.4, 0.5) is 5.95 Å². The van der Waals surface area contributed by atoms with Crippen molar-refractivity contribution in [3.05, 3.63) is 53.3 Å². The van der Waals surface area contributed by atoms with E-state index >= 15 is 0 Å². The normalized spacial score (nSPS) is 10.4. The smallest absolute Gasteiger partial charge is 0.208 e. The lowest BCUT2D eigenvalue weighted by Crippen LogP contribution is -2.06. The minimum absolute atomic E-state index is 0.667. The van der Waals surface area contributed by atoms with E-state index in [0.717, 1.165) is 22.9 Å². The van der Waals surface area contributed by atoms with Crippen LogP contribution in [0.2, 0.25) is 5.02 Å². The lowest BCUT2D eigenvalue weighted by atomic mass is 10.2. The molecule has 0 bridgehead atoms. The number of hydrogen-bond acceptors (Lipinski definition) is 2. The van der Waals surface area contributed by atoms with Crippen LogP contribution >= 0.6 is 11.6 Å². The molecule has 0 saturated carbocycles. The molecular formula is C14H16ClN3. The lowest BCUT2D eigenvalue weighted by Gasteiger charge is -2.10. The fourth-order valence-corrected chi connectivity index (χ4v) is 2.10. The Balaban J connectivity index is 2.45. The van der Waals surface area contributed by atoms with Gasteiger partial charge in [0.25, 0.3) is 0 Å². The molecule has 1 heterocycles. The maximum atomic E-state index is 6.28. The third-order valence-corrected chi connectivity index (χ3v) is 2.90. The molecular weight excluding hydrogens is 246 g/mol. The molecule has 0 atom stereocenters. The van der Waals surface area contributed by atoms with Crippen LogP contribution in [0.25, 0.3) is 5.69 Å². The minimum Gasteiger partial charge on any atom is -0.352 e. The summed E-state index contributed by atoms with van der Waals surface area (Å²) in [5.41, 5.74) is 3.01. The summed E-state index contributed by atoms with van der Waals surface area (Å²) in [4.78, 5) is 4.43. The molecule has 0 spiro atoms. The zero-order valence-electron chi connectivity index (χ0n) is 10.6. The number of nitrogens with one attached hydrogen (secondary N) is 1. The Hall–Kier alpha value is -1.74. The average molecular weight is 262 g/mol. The first-order valence-electron chi connectivity index (χ1n) is 5.79. The van der Waals surface area contributed by atoms with Crippen molar-refractivity contribution in [3.8, 4) is 5.69 Å². The minimum atomic E-state index is 0.667. The van der Waals surface area contributed by atoms with E-state index in [2.05, 4.69) is 16.9 Å². The maximum absolute atomic E-state index is 6.28. The molecule has 4 heteroatoms. The largest absolute Gasteiger partial charge is 0.352 e. The Morgan fingerprint density at radius 2 is 2.22 bits per heavy atom. The van der Waals surface area contributed by atoms with Crippen LogP contribution in [-0.4, -0.2) is 16.1 Å². The molecule has 0 saturated heterocycles. The molecule has 94 valence electrons. The summed E-state index contributed by atoms with van der Waals surface area (Å²) in [6.45, 7) is 8.33. The van der Waals surface area contributed by atoms with Crippen LogP contribution in [0.5, 0.6) is 0 Å². The predicted octanol–water partition coefficient (Wildman–Crippen LogP) is 3.74. The number of nitrogens with zero attached hydrogens (tertiary/aromatic N) is 2. The molecule has 0 radical (unpaired) electrons. The zero-order chi connectivity index (χ0) is 13.1. The zero-order valence-corrected chi connectivity index (χ0v) is 11.3. The van der Waals surface area contributed by atoms with Crippen LogP contribution in [0, 0.1) is 13.8 Å². The molecule has 0 aliphatic heterocycles. The number of halogens is 1. The van der Waals surface area contributed by atoms with Gasteiger partial charge in [-0.2, -0.15) is 0 Å². The van der Waals surface area contributed by atoms with Crippen molar-refractivity contribution >= 4 is 17.5 Å². The van der Waals surface area contributed by atoms with Crippen LogP contribution in [0.15, 0.2) is 37.1 Å². The van der Waals surface area contributed by atoms with E-state index in [1.807, 2.05) is 42.8 Å². The van der Waals surface area contributed by atoms with Crippen molar-refractivity contribution < 1.29 is 0 Å². The monoisotopic (exact) mass is 261 g/mol. The SMILES string of the molecule is C=CCNc1nc(C)cn1-c1ccc(C)cc1Cl. The summed E-state index contributed by atoms with van der Waals surface area (Å²) < 4.78 is 1.96. The number of anilines is 1. The van der Waals surface area contributed by atoms with E-state index in [1.165, 1.54) is 0 Å². The Kier molecular flexibility index (Phi) is 3.72. The highest BCUT2D eigenvalue weighted by molar-refractivity contribution is 6.32. The van der Waals surface area contributed by atoms with Gasteiger partial charge in [0.1, 0.15) is 0 Å². The molecule has 2 rings (SSSR count). The lowest BCUT2D eigenvalue weighted by molar-refractivity contribution is 1.04. The number of rotatable bonds is 4. The number of aromatic nitrogens is 2. The predicted molar refractivity (Wildman–Crippen MR) is 76.7 cm³/mol. The summed E-state index contributed by atoms with van der Waals surface area (Å²) in [5, 5.41) is 3.92. The second-order valence-corrected chi connectivity index (χ2v) is 4.61. The average Bonchev–Trinajstić information content (AvgIpc) is 2.67. The summed E-state index contributed by atoms with van der Waals surface area (Å²) >= 11 is 6.28. The Morgan fingerprint density at radius 1 is 1.44 bits per heavy atom. The second kappa shape index (κ2) is 5.27. The third kappa shape index (κ3) is 2.57. The molecule has 0 amide bonds. The Bertz CT molecular complexity index is 572. The van der Waals surface area contributed by atoms with Crippen molar-refractivity contribution in [2.45, 2.75) is 13.8 Å². The van der Waals surface area contributed by atoms with Gasteiger partial charge in [-0.1, -0.05) is 23.7 Å². The first-order valence-corrected chi connectivity index (χ1v) is 6.17. The highest BCUT2D eigenvalue weighted by Crippen LogP contribution is 2.25. The standard InChI is InChI=1S/C14H16ClN3/c1-4-7-16-14-17-11(3)9-18(14)13-6-5-10(2)8-12(13)15/h4-6,8-9H,1,7H2,2-3H3,(H,16,17). The van der Waals surface area contributed by atoms with Gasteiger partial charge >= 0.3 is 0 Å². The van der Waals surface area contributed by atoms with Crippen molar-refractivity contribution in [2.24, 2.45) is 0 Å². The first kappa shape index (κ1) is 12.7. The van der Waals surface area contributed by atoms with Gasteiger partial charge in [-0.05, 0) is 31.5 Å². The molecule has 3 nitrogen and oxygen atoms in total. The van der Waals surface area contributed by atoms with Crippen LogP contribution in [-0.2, 0) is 0 Å². The van der Waals surface area contributed by atoms with E-state index in [0.29, 0.717) is 11.6 Å². The number of aryl methyl sites for hydroxylation is 2. The van der Waals surface area contributed by atoms with Crippen molar-refractivity contribution in [2.75, 3.05) is 11.9 Å².